The fourth-order valence-corrected chi connectivity index (χ4v) is 2.88. The predicted octanol–water partition coefficient (Wildman–Crippen LogP) is 3.78. The maximum absolute atomic E-state index is 12.8. The van der Waals surface area contributed by atoms with E-state index in [-0.39, 0.29) is 24.4 Å². The highest BCUT2D eigenvalue weighted by Gasteiger charge is 2.19. The second kappa shape index (κ2) is 7.22. The molecule has 3 nitrogen and oxygen atoms in total. The minimum Gasteiger partial charge on any atom is -0.484 e. The average molecular weight is 307 g/mol. The van der Waals surface area contributed by atoms with Crippen LogP contribution in [0.1, 0.15) is 24.8 Å². The predicted molar refractivity (Wildman–Crippen MR) is 81.9 cm³/mol. The Labute approximate surface area is 127 Å². The van der Waals surface area contributed by atoms with Crippen LogP contribution < -0.4 is 10.1 Å². The van der Waals surface area contributed by atoms with Crippen LogP contribution in [0.5, 0.6) is 5.75 Å². The Morgan fingerprint density at radius 2 is 2.00 bits per heavy atom. The van der Waals surface area contributed by atoms with Crippen molar-refractivity contribution in [3.8, 4) is 5.75 Å². The fourth-order valence-electron chi connectivity index (χ4n) is 1.93. The van der Waals surface area contributed by atoms with Crippen molar-refractivity contribution in [2.75, 3.05) is 6.61 Å². The van der Waals surface area contributed by atoms with Crippen molar-refractivity contribution in [3.63, 3.8) is 0 Å². The first kappa shape index (κ1) is 15.5. The maximum Gasteiger partial charge on any atom is 0.258 e. The Balaban J connectivity index is 1.89. The highest BCUT2D eigenvalue weighted by molar-refractivity contribution is 7.10. The van der Waals surface area contributed by atoms with Crippen LogP contribution in [0.15, 0.2) is 41.8 Å². The normalized spacial score (nSPS) is 12.2. The first-order valence-electron chi connectivity index (χ1n) is 6.77. The molecule has 0 fully saturated rings. The monoisotopic (exact) mass is 307 g/mol. The molecule has 0 aliphatic rings. The Hall–Kier alpha value is -1.88. The van der Waals surface area contributed by atoms with Gasteiger partial charge < -0.3 is 10.1 Å². The standard InChI is InChI=1S/C16H18FNO2S/c1-11(2)16(14-4-3-9-21-14)18-15(19)10-20-13-7-5-12(17)6-8-13/h3-9,11,16H,10H2,1-2H3,(H,18,19)/t16-/m1/s1. The van der Waals surface area contributed by atoms with E-state index in [2.05, 4.69) is 19.2 Å². The summed E-state index contributed by atoms with van der Waals surface area (Å²) in [5.74, 6) is 0.248. The number of rotatable bonds is 6. The molecule has 1 aromatic carbocycles. The zero-order valence-electron chi connectivity index (χ0n) is 12.0. The molecule has 21 heavy (non-hydrogen) atoms. The molecule has 2 rings (SSSR count). The van der Waals surface area contributed by atoms with Crippen molar-refractivity contribution in [2.45, 2.75) is 19.9 Å². The molecule has 0 spiro atoms. The highest BCUT2D eigenvalue weighted by atomic mass is 32.1. The van der Waals surface area contributed by atoms with Gasteiger partial charge in [0.05, 0.1) is 6.04 Å². The van der Waals surface area contributed by atoms with Gasteiger partial charge >= 0.3 is 0 Å². The van der Waals surface area contributed by atoms with E-state index in [1.54, 1.807) is 11.3 Å². The van der Waals surface area contributed by atoms with Crippen molar-refractivity contribution in [1.82, 2.24) is 5.32 Å². The molecule has 1 N–H and O–H groups in total. The summed E-state index contributed by atoms with van der Waals surface area (Å²) in [6.07, 6.45) is 0. The van der Waals surface area contributed by atoms with Crippen LogP contribution >= 0.6 is 11.3 Å². The molecular formula is C16H18FNO2S. The number of carbonyl (C=O) groups is 1. The van der Waals surface area contributed by atoms with Gasteiger partial charge in [0, 0.05) is 4.88 Å². The van der Waals surface area contributed by atoms with E-state index in [4.69, 9.17) is 4.74 Å². The third-order valence-electron chi connectivity index (χ3n) is 3.02. The lowest BCUT2D eigenvalue weighted by Crippen LogP contribution is -2.34. The van der Waals surface area contributed by atoms with Crippen LogP contribution in [-0.2, 0) is 4.79 Å². The van der Waals surface area contributed by atoms with Crippen molar-refractivity contribution in [1.29, 1.82) is 0 Å². The number of benzene rings is 1. The number of carbonyl (C=O) groups excluding carboxylic acids is 1. The minimum absolute atomic E-state index is 0.0192. The Morgan fingerprint density at radius 1 is 1.29 bits per heavy atom. The quantitative estimate of drug-likeness (QED) is 0.882. The lowest BCUT2D eigenvalue weighted by atomic mass is 10.0. The Kier molecular flexibility index (Phi) is 5.33. The van der Waals surface area contributed by atoms with Gasteiger partial charge in [-0.05, 0) is 41.6 Å². The molecule has 5 heteroatoms. The zero-order chi connectivity index (χ0) is 15.2. The second-order valence-corrected chi connectivity index (χ2v) is 6.03. The van der Waals surface area contributed by atoms with Gasteiger partial charge in [0.2, 0.25) is 0 Å². The third-order valence-corrected chi connectivity index (χ3v) is 3.97. The van der Waals surface area contributed by atoms with Crippen molar-refractivity contribution in [2.24, 2.45) is 5.92 Å². The van der Waals surface area contributed by atoms with Crippen LogP contribution in [0.2, 0.25) is 0 Å². The molecule has 0 saturated carbocycles. The van der Waals surface area contributed by atoms with Gasteiger partial charge in [-0.25, -0.2) is 4.39 Å². The smallest absolute Gasteiger partial charge is 0.258 e. The van der Waals surface area contributed by atoms with Crippen LogP contribution in [0.25, 0.3) is 0 Å². The molecule has 0 bridgehead atoms. The summed E-state index contributed by atoms with van der Waals surface area (Å²) in [6, 6.07) is 9.57. The number of ether oxygens (including phenoxy) is 1. The zero-order valence-corrected chi connectivity index (χ0v) is 12.8. The Bertz CT molecular complexity index is 566. The summed E-state index contributed by atoms with van der Waals surface area (Å²) < 4.78 is 18.1. The van der Waals surface area contributed by atoms with Crippen LogP contribution in [0.3, 0.4) is 0 Å². The number of hydrogen-bond donors (Lipinski definition) is 1. The van der Waals surface area contributed by atoms with E-state index in [0.29, 0.717) is 11.7 Å². The minimum atomic E-state index is -0.329. The fraction of sp³-hybridized carbons (Fsp3) is 0.312. The van der Waals surface area contributed by atoms with Gasteiger partial charge in [-0.1, -0.05) is 19.9 Å². The molecule has 2 aromatic rings. The number of amides is 1. The molecule has 1 heterocycles. The van der Waals surface area contributed by atoms with E-state index < -0.39 is 0 Å². The van der Waals surface area contributed by atoms with E-state index in [1.807, 2.05) is 17.5 Å². The van der Waals surface area contributed by atoms with E-state index in [1.165, 1.54) is 24.3 Å². The summed E-state index contributed by atoms with van der Waals surface area (Å²) >= 11 is 1.62. The number of thiophene rings is 1. The van der Waals surface area contributed by atoms with Gasteiger partial charge in [0.15, 0.2) is 6.61 Å². The summed E-state index contributed by atoms with van der Waals surface area (Å²) in [4.78, 5) is 13.1. The van der Waals surface area contributed by atoms with Crippen LogP contribution in [-0.4, -0.2) is 12.5 Å². The molecule has 1 aromatic heterocycles. The van der Waals surface area contributed by atoms with Gasteiger partial charge in [0.25, 0.3) is 5.91 Å². The van der Waals surface area contributed by atoms with E-state index in [0.717, 1.165) is 4.88 Å². The number of halogens is 1. The molecule has 1 amide bonds. The molecular weight excluding hydrogens is 289 g/mol. The molecule has 0 aliphatic carbocycles. The van der Waals surface area contributed by atoms with Gasteiger partial charge in [-0.15, -0.1) is 11.3 Å². The summed E-state index contributed by atoms with van der Waals surface area (Å²) in [5.41, 5.74) is 0. The van der Waals surface area contributed by atoms with Gasteiger partial charge in [-0.2, -0.15) is 0 Å². The maximum atomic E-state index is 12.8. The van der Waals surface area contributed by atoms with Crippen molar-refractivity contribution in [3.05, 3.63) is 52.5 Å². The molecule has 0 radical (unpaired) electrons. The lowest BCUT2D eigenvalue weighted by Gasteiger charge is -2.21. The number of nitrogens with one attached hydrogen (secondary N) is 1. The third kappa shape index (κ3) is 4.56. The van der Waals surface area contributed by atoms with Crippen LogP contribution in [0, 0.1) is 11.7 Å². The van der Waals surface area contributed by atoms with Crippen LogP contribution in [0.4, 0.5) is 4.39 Å². The first-order chi connectivity index (χ1) is 10.1. The summed E-state index contributed by atoms with van der Waals surface area (Å²) in [7, 11) is 0. The summed E-state index contributed by atoms with van der Waals surface area (Å²) in [5, 5.41) is 4.96. The van der Waals surface area contributed by atoms with E-state index in [9.17, 15) is 9.18 Å². The lowest BCUT2D eigenvalue weighted by molar-refractivity contribution is -0.124. The molecule has 1 atom stereocenters. The van der Waals surface area contributed by atoms with Crippen molar-refractivity contribution < 1.29 is 13.9 Å². The topological polar surface area (TPSA) is 38.3 Å². The average Bonchev–Trinajstić information content (AvgIpc) is 2.97. The highest BCUT2D eigenvalue weighted by Crippen LogP contribution is 2.25. The molecule has 112 valence electrons. The summed E-state index contributed by atoms with van der Waals surface area (Å²) in [6.45, 7) is 4.04. The second-order valence-electron chi connectivity index (χ2n) is 5.05. The first-order valence-corrected chi connectivity index (χ1v) is 7.65. The SMILES string of the molecule is CC(C)[C@@H](NC(=O)COc1ccc(F)cc1)c1cccs1. The molecule has 0 saturated heterocycles. The van der Waals surface area contributed by atoms with Gasteiger partial charge in [-0.3, -0.25) is 4.79 Å². The van der Waals surface area contributed by atoms with Gasteiger partial charge in [0.1, 0.15) is 11.6 Å². The Morgan fingerprint density at radius 3 is 2.57 bits per heavy atom. The van der Waals surface area contributed by atoms with E-state index >= 15 is 0 Å². The number of hydrogen-bond acceptors (Lipinski definition) is 3. The van der Waals surface area contributed by atoms with Crippen molar-refractivity contribution >= 4 is 17.2 Å². The largest absolute Gasteiger partial charge is 0.484 e. The molecule has 0 aliphatic heterocycles. The molecule has 0 unspecified atom stereocenters.